The highest BCUT2D eigenvalue weighted by Crippen LogP contribution is 2.29. The highest BCUT2D eigenvalue weighted by atomic mass is 35.5. The molecule has 0 saturated heterocycles. The zero-order valence-electron chi connectivity index (χ0n) is 17.3. The van der Waals surface area contributed by atoms with Crippen LogP contribution in [0.4, 0.5) is 11.4 Å². The summed E-state index contributed by atoms with van der Waals surface area (Å²) in [6.45, 7) is -0.241. The number of ether oxygens (including phenoxy) is 1. The van der Waals surface area contributed by atoms with Crippen molar-refractivity contribution in [1.82, 2.24) is 5.43 Å². The monoisotopic (exact) mass is 518 g/mol. The van der Waals surface area contributed by atoms with Crippen LogP contribution in [-0.2, 0) is 14.4 Å². The van der Waals surface area contributed by atoms with Crippen molar-refractivity contribution in [3.63, 3.8) is 0 Å². The Hall–Kier alpha value is -3.59. The number of halogens is 3. The number of anilines is 2. The van der Waals surface area contributed by atoms with Gasteiger partial charge in [0.1, 0.15) is 5.75 Å². The molecule has 3 rings (SSSR count). The summed E-state index contributed by atoms with van der Waals surface area (Å²) < 4.78 is 5.48. The number of benzene rings is 3. The second kappa shape index (κ2) is 12.0. The molecule has 0 radical (unpaired) electrons. The number of carbonyl (C=O) groups is 3. The Balaban J connectivity index is 1.50. The van der Waals surface area contributed by atoms with E-state index in [0.717, 1.165) is 0 Å². The molecule has 0 spiro atoms. The van der Waals surface area contributed by atoms with Crippen LogP contribution in [0.2, 0.25) is 15.1 Å². The Bertz CT molecular complexity index is 1250. The van der Waals surface area contributed by atoms with Gasteiger partial charge in [-0.15, -0.1) is 0 Å². The highest BCUT2D eigenvalue weighted by molar-refractivity contribution is 6.45. The number of rotatable bonds is 7. The molecule has 0 atom stereocenters. The molecule has 0 unspecified atom stereocenters. The SMILES string of the molecule is O=C(COc1cccc(/C=N\NC(=O)C(=O)Nc2cccc(Cl)c2Cl)c1)Nc1ccccc1Cl. The van der Waals surface area contributed by atoms with Crippen molar-refractivity contribution in [3.05, 3.63) is 87.4 Å². The van der Waals surface area contributed by atoms with E-state index in [4.69, 9.17) is 39.5 Å². The summed E-state index contributed by atoms with van der Waals surface area (Å²) in [5, 5.41) is 9.53. The van der Waals surface area contributed by atoms with Crippen LogP contribution in [0.3, 0.4) is 0 Å². The Morgan fingerprint density at radius 2 is 1.53 bits per heavy atom. The van der Waals surface area contributed by atoms with Crippen molar-refractivity contribution in [2.75, 3.05) is 17.2 Å². The molecule has 0 aromatic heterocycles. The van der Waals surface area contributed by atoms with Crippen LogP contribution < -0.4 is 20.8 Å². The summed E-state index contributed by atoms with van der Waals surface area (Å²) in [7, 11) is 0. The largest absolute Gasteiger partial charge is 0.484 e. The molecule has 8 nitrogen and oxygen atoms in total. The summed E-state index contributed by atoms with van der Waals surface area (Å²) in [5.74, 6) is -1.96. The van der Waals surface area contributed by atoms with Crippen molar-refractivity contribution in [2.45, 2.75) is 0 Å². The first kappa shape index (κ1) is 25.0. The maximum atomic E-state index is 12.1. The summed E-state index contributed by atoms with van der Waals surface area (Å²) in [5.41, 5.74) is 3.35. The Kier molecular flexibility index (Phi) is 8.86. The van der Waals surface area contributed by atoms with Gasteiger partial charge in [-0.3, -0.25) is 14.4 Å². The topological polar surface area (TPSA) is 109 Å². The van der Waals surface area contributed by atoms with Gasteiger partial charge in [0, 0.05) is 0 Å². The molecule has 0 aliphatic rings. The minimum atomic E-state index is -1.00. The van der Waals surface area contributed by atoms with Crippen molar-refractivity contribution >= 4 is 70.1 Å². The Morgan fingerprint density at radius 3 is 2.32 bits per heavy atom. The molecule has 34 heavy (non-hydrogen) atoms. The van der Waals surface area contributed by atoms with Crippen LogP contribution in [0.25, 0.3) is 0 Å². The minimum Gasteiger partial charge on any atom is -0.484 e. The van der Waals surface area contributed by atoms with Gasteiger partial charge in [0.25, 0.3) is 5.91 Å². The van der Waals surface area contributed by atoms with E-state index >= 15 is 0 Å². The number of hydrazone groups is 1. The van der Waals surface area contributed by atoms with Crippen molar-refractivity contribution < 1.29 is 19.1 Å². The molecule has 3 amide bonds. The fraction of sp³-hybridized carbons (Fsp3) is 0.0435. The molecule has 11 heteroatoms. The molecule has 3 aromatic carbocycles. The van der Waals surface area contributed by atoms with Gasteiger partial charge in [0.15, 0.2) is 6.61 Å². The highest BCUT2D eigenvalue weighted by Gasteiger charge is 2.15. The van der Waals surface area contributed by atoms with E-state index < -0.39 is 11.8 Å². The average molecular weight is 520 g/mol. The maximum absolute atomic E-state index is 12.1. The Morgan fingerprint density at radius 1 is 0.824 bits per heavy atom. The first-order valence-corrected chi connectivity index (χ1v) is 10.8. The standard InChI is InChI=1S/C23H17Cl3N4O4/c24-16-7-1-2-9-18(16)28-20(31)13-34-15-6-3-5-14(11-15)12-27-30-23(33)22(32)29-19-10-4-8-17(25)21(19)26/h1-12H,13H2,(H,28,31)(H,29,32)(H,30,33)/b27-12-. The van der Waals surface area contributed by atoms with Crippen LogP contribution in [0.1, 0.15) is 5.56 Å². The van der Waals surface area contributed by atoms with Gasteiger partial charge in [-0.05, 0) is 42.0 Å². The number of nitrogens with one attached hydrogen (secondary N) is 3. The lowest BCUT2D eigenvalue weighted by Crippen LogP contribution is -2.32. The number of carbonyl (C=O) groups excluding carboxylic acids is 3. The van der Waals surface area contributed by atoms with E-state index in [2.05, 4.69) is 21.2 Å². The quantitative estimate of drug-likeness (QED) is 0.238. The van der Waals surface area contributed by atoms with E-state index in [1.165, 1.54) is 12.3 Å². The van der Waals surface area contributed by atoms with Crippen LogP contribution >= 0.6 is 34.8 Å². The third kappa shape index (κ3) is 7.21. The molecule has 174 valence electrons. The molecule has 0 bridgehead atoms. The zero-order valence-corrected chi connectivity index (χ0v) is 19.6. The summed E-state index contributed by atoms with van der Waals surface area (Å²) >= 11 is 17.9. The normalized spacial score (nSPS) is 10.6. The van der Waals surface area contributed by atoms with Gasteiger partial charge in [0.2, 0.25) is 0 Å². The van der Waals surface area contributed by atoms with Gasteiger partial charge < -0.3 is 15.4 Å². The molecule has 3 aromatic rings. The number of hydrogen-bond acceptors (Lipinski definition) is 5. The van der Waals surface area contributed by atoms with Crippen LogP contribution in [0.5, 0.6) is 5.75 Å². The van der Waals surface area contributed by atoms with Crippen LogP contribution in [0.15, 0.2) is 71.8 Å². The van der Waals surface area contributed by atoms with Gasteiger partial charge in [-0.1, -0.05) is 65.1 Å². The third-order valence-corrected chi connectivity index (χ3v) is 5.31. The summed E-state index contributed by atoms with van der Waals surface area (Å²) in [4.78, 5) is 36.1. The van der Waals surface area contributed by atoms with E-state index in [-0.39, 0.29) is 28.2 Å². The van der Waals surface area contributed by atoms with Crippen molar-refractivity contribution in [1.29, 1.82) is 0 Å². The lowest BCUT2D eigenvalue weighted by Gasteiger charge is -2.09. The predicted octanol–water partition coefficient (Wildman–Crippen LogP) is 4.75. The average Bonchev–Trinajstić information content (AvgIpc) is 2.82. The van der Waals surface area contributed by atoms with E-state index in [9.17, 15) is 14.4 Å². The summed E-state index contributed by atoms with van der Waals surface area (Å²) in [6, 6.07) is 18.1. The molecule has 0 saturated carbocycles. The van der Waals surface area contributed by atoms with E-state index in [1.54, 1.807) is 60.7 Å². The van der Waals surface area contributed by atoms with E-state index in [0.29, 0.717) is 22.0 Å². The molecule has 0 fully saturated rings. The van der Waals surface area contributed by atoms with Crippen molar-refractivity contribution in [2.24, 2.45) is 5.10 Å². The number of hydrogen-bond donors (Lipinski definition) is 3. The summed E-state index contributed by atoms with van der Waals surface area (Å²) in [6.07, 6.45) is 1.31. The minimum absolute atomic E-state index is 0.117. The lowest BCUT2D eigenvalue weighted by molar-refractivity contribution is -0.136. The second-order valence-electron chi connectivity index (χ2n) is 6.64. The second-order valence-corrected chi connectivity index (χ2v) is 7.84. The number of para-hydroxylation sites is 1. The molecular weight excluding hydrogens is 503 g/mol. The first-order chi connectivity index (χ1) is 16.3. The van der Waals surface area contributed by atoms with Crippen LogP contribution in [0, 0.1) is 0 Å². The zero-order chi connectivity index (χ0) is 24.5. The molecular formula is C23H17Cl3N4O4. The Labute approximate surface area is 209 Å². The van der Waals surface area contributed by atoms with E-state index in [1.807, 2.05) is 0 Å². The van der Waals surface area contributed by atoms with Gasteiger partial charge in [-0.2, -0.15) is 5.10 Å². The van der Waals surface area contributed by atoms with Gasteiger partial charge >= 0.3 is 11.8 Å². The molecule has 0 aliphatic carbocycles. The molecule has 0 aliphatic heterocycles. The predicted molar refractivity (Wildman–Crippen MR) is 133 cm³/mol. The molecule has 0 heterocycles. The van der Waals surface area contributed by atoms with Gasteiger partial charge in [-0.25, -0.2) is 5.43 Å². The first-order valence-electron chi connectivity index (χ1n) is 9.69. The smallest absolute Gasteiger partial charge is 0.329 e. The van der Waals surface area contributed by atoms with Crippen LogP contribution in [-0.4, -0.2) is 30.5 Å². The number of amides is 3. The third-order valence-electron chi connectivity index (χ3n) is 4.16. The van der Waals surface area contributed by atoms with Crippen molar-refractivity contribution in [3.8, 4) is 5.75 Å². The lowest BCUT2D eigenvalue weighted by atomic mass is 10.2. The van der Waals surface area contributed by atoms with Gasteiger partial charge in [0.05, 0.1) is 32.7 Å². The molecule has 3 N–H and O–H groups in total. The number of nitrogens with zero attached hydrogens (tertiary/aromatic N) is 1. The fourth-order valence-corrected chi connectivity index (χ4v) is 3.11. The maximum Gasteiger partial charge on any atom is 0.329 e. The fourth-order valence-electron chi connectivity index (χ4n) is 2.58.